The summed E-state index contributed by atoms with van der Waals surface area (Å²) in [6.45, 7) is 4.48. The highest BCUT2D eigenvalue weighted by Crippen LogP contribution is 2.28. The zero-order valence-electron chi connectivity index (χ0n) is 16.8. The van der Waals surface area contributed by atoms with E-state index in [1.165, 1.54) is 6.39 Å². The number of nitrogens with zero attached hydrogens (tertiary/aromatic N) is 1. The Hall–Kier alpha value is -3.81. The van der Waals surface area contributed by atoms with Crippen LogP contribution in [0.5, 0.6) is 11.5 Å². The van der Waals surface area contributed by atoms with Gasteiger partial charge in [0.15, 0.2) is 23.7 Å². The van der Waals surface area contributed by atoms with Gasteiger partial charge in [0.2, 0.25) is 5.91 Å². The van der Waals surface area contributed by atoms with Crippen molar-refractivity contribution >= 4 is 17.5 Å². The van der Waals surface area contributed by atoms with E-state index in [1.54, 1.807) is 42.6 Å². The van der Waals surface area contributed by atoms with Crippen LogP contribution in [0.1, 0.15) is 24.2 Å². The Bertz CT molecular complexity index is 1000. The van der Waals surface area contributed by atoms with Crippen LogP contribution in [0.4, 0.5) is 5.69 Å². The topological polar surface area (TPSA) is 103 Å². The zero-order chi connectivity index (χ0) is 21.3. The van der Waals surface area contributed by atoms with Crippen LogP contribution < -0.4 is 20.1 Å². The lowest BCUT2D eigenvalue weighted by molar-refractivity contribution is -0.115. The molecule has 0 unspecified atom stereocenters. The smallest absolute Gasteiger partial charge is 0.251 e. The SMILES string of the molecule is CCOc1ccc(C(=O)NCC(=O)Nc2cccc(-c3cnco3)c2)cc1OCC. The van der Waals surface area contributed by atoms with Crippen LogP contribution in [0, 0.1) is 0 Å². The lowest BCUT2D eigenvalue weighted by Crippen LogP contribution is -2.32. The number of ether oxygens (including phenoxy) is 2. The van der Waals surface area contributed by atoms with Gasteiger partial charge in [0.25, 0.3) is 5.91 Å². The second-order valence-corrected chi connectivity index (χ2v) is 6.20. The first-order valence-electron chi connectivity index (χ1n) is 9.57. The summed E-state index contributed by atoms with van der Waals surface area (Å²) in [5.41, 5.74) is 1.75. The van der Waals surface area contributed by atoms with Gasteiger partial charge in [-0.05, 0) is 44.2 Å². The van der Waals surface area contributed by atoms with E-state index < -0.39 is 0 Å². The van der Waals surface area contributed by atoms with E-state index in [9.17, 15) is 9.59 Å². The lowest BCUT2D eigenvalue weighted by Gasteiger charge is -2.12. The maximum Gasteiger partial charge on any atom is 0.251 e. The van der Waals surface area contributed by atoms with Gasteiger partial charge < -0.3 is 24.5 Å². The number of anilines is 1. The van der Waals surface area contributed by atoms with Gasteiger partial charge in [-0.15, -0.1) is 0 Å². The maximum atomic E-state index is 12.4. The third-order valence-corrected chi connectivity index (χ3v) is 4.08. The quantitative estimate of drug-likeness (QED) is 0.561. The molecule has 3 aromatic rings. The van der Waals surface area contributed by atoms with Crippen LogP contribution in [-0.2, 0) is 4.79 Å². The molecule has 8 heteroatoms. The van der Waals surface area contributed by atoms with Crippen molar-refractivity contribution in [3.05, 3.63) is 60.6 Å². The molecule has 0 aliphatic rings. The predicted octanol–water partition coefficient (Wildman–Crippen LogP) is 3.51. The molecule has 0 atom stereocenters. The highest BCUT2D eigenvalue weighted by atomic mass is 16.5. The van der Waals surface area contributed by atoms with Crippen LogP contribution in [0.15, 0.2) is 59.5 Å². The third-order valence-electron chi connectivity index (χ3n) is 4.08. The molecule has 2 amide bonds. The molecule has 0 bridgehead atoms. The standard InChI is InChI=1S/C22H23N3O5/c1-3-28-18-9-8-16(11-19(18)29-4-2)22(27)24-13-21(26)25-17-7-5-6-15(10-17)20-12-23-14-30-20/h5-12,14H,3-4,13H2,1-2H3,(H,24,27)(H,25,26). The molecule has 0 fully saturated rings. The minimum Gasteiger partial charge on any atom is -0.490 e. The summed E-state index contributed by atoms with van der Waals surface area (Å²) in [5, 5.41) is 5.35. The molecule has 1 heterocycles. The molecular weight excluding hydrogens is 386 g/mol. The summed E-state index contributed by atoms with van der Waals surface area (Å²) >= 11 is 0. The average Bonchev–Trinajstić information content (AvgIpc) is 3.29. The van der Waals surface area contributed by atoms with Crippen molar-refractivity contribution < 1.29 is 23.5 Å². The Morgan fingerprint density at radius 2 is 1.83 bits per heavy atom. The molecule has 2 aromatic carbocycles. The number of carbonyl (C=O) groups excluding carboxylic acids is 2. The van der Waals surface area contributed by atoms with Crippen LogP contribution >= 0.6 is 0 Å². The lowest BCUT2D eigenvalue weighted by atomic mass is 10.1. The van der Waals surface area contributed by atoms with E-state index in [1.807, 2.05) is 19.9 Å². The van der Waals surface area contributed by atoms with Gasteiger partial charge in [-0.3, -0.25) is 9.59 Å². The van der Waals surface area contributed by atoms with Gasteiger partial charge in [-0.2, -0.15) is 0 Å². The molecule has 0 aliphatic heterocycles. The number of hydrogen-bond donors (Lipinski definition) is 2. The van der Waals surface area contributed by atoms with Gasteiger partial charge in [-0.25, -0.2) is 4.98 Å². The first-order valence-corrected chi connectivity index (χ1v) is 9.57. The number of carbonyl (C=O) groups is 2. The van der Waals surface area contributed by atoms with Gasteiger partial charge in [-0.1, -0.05) is 12.1 Å². The van der Waals surface area contributed by atoms with Crippen molar-refractivity contribution in [1.82, 2.24) is 10.3 Å². The van der Waals surface area contributed by atoms with Crippen LogP contribution in [0.25, 0.3) is 11.3 Å². The van der Waals surface area contributed by atoms with Gasteiger partial charge >= 0.3 is 0 Å². The first kappa shape index (κ1) is 20.9. The summed E-state index contributed by atoms with van der Waals surface area (Å²) < 4.78 is 16.3. The van der Waals surface area contributed by atoms with Gasteiger partial charge in [0.05, 0.1) is 26.0 Å². The molecule has 0 saturated carbocycles. The monoisotopic (exact) mass is 409 g/mol. The fourth-order valence-electron chi connectivity index (χ4n) is 2.77. The second kappa shape index (κ2) is 10.1. The van der Waals surface area contributed by atoms with Crippen molar-refractivity contribution in [2.75, 3.05) is 25.1 Å². The van der Waals surface area contributed by atoms with Gasteiger partial charge in [0.1, 0.15) is 0 Å². The number of benzene rings is 2. The number of rotatable bonds is 9. The van der Waals surface area contributed by atoms with Crippen molar-refractivity contribution in [1.29, 1.82) is 0 Å². The Morgan fingerprint density at radius 3 is 2.57 bits per heavy atom. The molecule has 0 aliphatic carbocycles. The summed E-state index contributed by atoms with van der Waals surface area (Å²) in [6.07, 6.45) is 2.93. The molecule has 2 N–H and O–H groups in total. The molecule has 0 spiro atoms. The molecule has 156 valence electrons. The number of aromatic nitrogens is 1. The first-order chi connectivity index (χ1) is 14.6. The van der Waals surface area contributed by atoms with Crippen molar-refractivity contribution in [2.24, 2.45) is 0 Å². The van der Waals surface area contributed by atoms with E-state index >= 15 is 0 Å². The normalized spacial score (nSPS) is 10.3. The summed E-state index contributed by atoms with van der Waals surface area (Å²) in [6, 6.07) is 12.1. The zero-order valence-corrected chi connectivity index (χ0v) is 16.8. The molecular formula is C22H23N3O5. The maximum absolute atomic E-state index is 12.4. The van der Waals surface area contributed by atoms with Crippen molar-refractivity contribution in [3.63, 3.8) is 0 Å². The molecule has 3 rings (SSSR count). The van der Waals surface area contributed by atoms with E-state index in [0.717, 1.165) is 5.56 Å². The third kappa shape index (κ3) is 5.38. The van der Waals surface area contributed by atoms with Gasteiger partial charge in [0, 0.05) is 16.8 Å². The van der Waals surface area contributed by atoms with E-state index in [4.69, 9.17) is 13.9 Å². The summed E-state index contributed by atoms with van der Waals surface area (Å²) in [7, 11) is 0. The number of nitrogens with one attached hydrogen (secondary N) is 2. The summed E-state index contributed by atoms with van der Waals surface area (Å²) in [5.74, 6) is 0.916. The average molecular weight is 409 g/mol. The van der Waals surface area contributed by atoms with E-state index in [0.29, 0.717) is 41.7 Å². The Balaban J connectivity index is 1.59. The minimum atomic E-state index is -0.385. The minimum absolute atomic E-state index is 0.178. The second-order valence-electron chi connectivity index (χ2n) is 6.20. The van der Waals surface area contributed by atoms with E-state index in [-0.39, 0.29) is 18.4 Å². The van der Waals surface area contributed by atoms with Crippen LogP contribution in [0.2, 0.25) is 0 Å². The Morgan fingerprint density at radius 1 is 1.03 bits per heavy atom. The van der Waals surface area contributed by atoms with Crippen LogP contribution in [-0.4, -0.2) is 36.6 Å². The molecule has 0 radical (unpaired) electrons. The molecule has 0 saturated heterocycles. The number of amides is 2. The largest absolute Gasteiger partial charge is 0.490 e. The highest BCUT2D eigenvalue weighted by molar-refractivity contribution is 5.99. The molecule has 1 aromatic heterocycles. The number of oxazole rings is 1. The highest BCUT2D eigenvalue weighted by Gasteiger charge is 2.13. The summed E-state index contributed by atoms with van der Waals surface area (Å²) in [4.78, 5) is 28.6. The van der Waals surface area contributed by atoms with E-state index in [2.05, 4.69) is 15.6 Å². The number of hydrogen-bond acceptors (Lipinski definition) is 6. The predicted molar refractivity (Wildman–Crippen MR) is 112 cm³/mol. The fraction of sp³-hybridized carbons (Fsp3) is 0.227. The molecule has 30 heavy (non-hydrogen) atoms. The van der Waals surface area contributed by atoms with Crippen molar-refractivity contribution in [3.8, 4) is 22.8 Å². The Labute approximate surface area is 174 Å². The van der Waals surface area contributed by atoms with Crippen molar-refractivity contribution in [2.45, 2.75) is 13.8 Å². The molecule has 8 nitrogen and oxygen atoms in total. The van der Waals surface area contributed by atoms with Crippen LogP contribution in [0.3, 0.4) is 0 Å². The fourth-order valence-corrected chi connectivity index (χ4v) is 2.77. The Kier molecular flexibility index (Phi) is 7.05.